The predicted octanol–water partition coefficient (Wildman–Crippen LogP) is 3.02. The first-order valence-corrected chi connectivity index (χ1v) is 7.36. The van der Waals surface area contributed by atoms with Gasteiger partial charge in [-0.25, -0.2) is 4.98 Å². The van der Waals surface area contributed by atoms with E-state index in [1.54, 1.807) is 6.92 Å². The SMILES string of the molecule is Cc1cc(C)c(-c2csc(NC(=O)C(C)N)n2)cc1C. The molecule has 1 amide bonds. The van der Waals surface area contributed by atoms with Crippen molar-refractivity contribution in [2.75, 3.05) is 5.32 Å². The van der Waals surface area contributed by atoms with E-state index in [2.05, 4.69) is 43.2 Å². The fraction of sp³-hybridized carbons (Fsp3) is 0.333. The first-order chi connectivity index (χ1) is 9.38. The predicted molar refractivity (Wildman–Crippen MR) is 84.0 cm³/mol. The van der Waals surface area contributed by atoms with E-state index in [0.29, 0.717) is 5.13 Å². The van der Waals surface area contributed by atoms with Crippen molar-refractivity contribution in [1.29, 1.82) is 0 Å². The highest BCUT2D eigenvalue weighted by Crippen LogP contribution is 2.29. The van der Waals surface area contributed by atoms with Crippen molar-refractivity contribution < 1.29 is 4.79 Å². The molecule has 3 N–H and O–H groups in total. The zero-order valence-electron chi connectivity index (χ0n) is 12.2. The van der Waals surface area contributed by atoms with Crippen molar-refractivity contribution in [3.05, 3.63) is 34.2 Å². The monoisotopic (exact) mass is 289 g/mol. The van der Waals surface area contributed by atoms with Crippen LogP contribution in [0.15, 0.2) is 17.5 Å². The van der Waals surface area contributed by atoms with Crippen LogP contribution in [0.3, 0.4) is 0 Å². The van der Waals surface area contributed by atoms with Crippen molar-refractivity contribution in [3.8, 4) is 11.3 Å². The van der Waals surface area contributed by atoms with E-state index >= 15 is 0 Å². The molecular formula is C15H19N3OS. The Morgan fingerprint density at radius 3 is 2.55 bits per heavy atom. The van der Waals surface area contributed by atoms with E-state index in [1.807, 2.05) is 5.38 Å². The maximum absolute atomic E-state index is 11.6. The van der Waals surface area contributed by atoms with Gasteiger partial charge in [-0.15, -0.1) is 11.3 Å². The molecule has 0 radical (unpaired) electrons. The molecule has 106 valence electrons. The van der Waals surface area contributed by atoms with Gasteiger partial charge in [0.1, 0.15) is 0 Å². The molecule has 20 heavy (non-hydrogen) atoms. The molecule has 0 aliphatic carbocycles. The Hall–Kier alpha value is -1.72. The second kappa shape index (κ2) is 5.73. The summed E-state index contributed by atoms with van der Waals surface area (Å²) in [5.41, 5.74) is 11.2. The molecule has 1 atom stereocenters. The Balaban J connectivity index is 2.29. The van der Waals surface area contributed by atoms with E-state index < -0.39 is 6.04 Å². The zero-order valence-corrected chi connectivity index (χ0v) is 13.0. The number of benzene rings is 1. The molecule has 1 aromatic carbocycles. The number of hydrogen-bond donors (Lipinski definition) is 2. The minimum atomic E-state index is -0.536. The van der Waals surface area contributed by atoms with Gasteiger partial charge in [-0.05, 0) is 50.5 Å². The number of carbonyl (C=O) groups excluding carboxylic acids is 1. The van der Waals surface area contributed by atoms with Gasteiger partial charge in [-0.2, -0.15) is 0 Å². The fourth-order valence-electron chi connectivity index (χ4n) is 1.91. The number of nitrogens with zero attached hydrogens (tertiary/aromatic N) is 1. The number of nitrogens with two attached hydrogens (primary N) is 1. The van der Waals surface area contributed by atoms with Crippen LogP contribution in [0.5, 0.6) is 0 Å². The summed E-state index contributed by atoms with van der Waals surface area (Å²) in [4.78, 5) is 16.0. The van der Waals surface area contributed by atoms with E-state index in [4.69, 9.17) is 5.73 Å². The van der Waals surface area contributed by atoms with Crippen LogP contribution in [0.2, 0.25) is 0 Å². The van der Waals surface area contributed by atoms with Gasteiger partial charge in [-0.1, -0.05) is 6.07 Å². The Bertz CT molecular complexity index is 647. The third kappa shape index (κ3) is 3.05. The van der Waals surface area contributed by atoms with Crippen molar-refractivity contribution >= 4 is 22.4 Å². The summed E-state index contributed by atoms with van der Waals surface area (Å²) in [5, 5.41) is 5.26. The summed E-state index contributed by atoms with van der Waals surface area (Å²) in [6.07, 6.45) is 0. The summed E-state index contributed by atoms with van der Waals surface area (Å²) in [6, 6.07) is 3.76. The number of amides is 1. The number of nitrogens with one attached hydrogen (secondary N) is 1. The summed E-state index contributed by atoms with van der Waals surface area (Å²) in [6.45, 7) is 7.91. The van der Waals surface area contributed by atoms with Crippen LogP contribution in [0.25, 0.3) is 11.3 Å². The summed E-state index contributed by atoms with van der Waals surface area (Å²) in [5.74, 6) is -0.220. The Labute approximate surface area is 123 Å². The van der Waals surface area contributed by atoms with Gasteiger partial charge in [0.05, 0.1) is 11.7 Å². The largest absolute Gasteiger partial charge is 0.320 e. The molecule has 2 rings (SSSR count). The van der Waals surface area contributed by atoms with Crippen molar-refractivity contribution in [3.63, 3.8) is 0 Å². The van der Waals surface area contributed by atoms with Gasteiger partial charge in [0.15, 0.2) is 5.13 Å². The van der Waals surface area contributed by atoms with Gasteiger partial charge in [0.2, 0.25) is 5.91 Å². The second-order valence-corrected chi connectivity index (χ2v) is 5.93. The van der Waals surface area contributed by atoms with Crippen LogP contribution in [-0.4, -0.2) is 16.9 Å². The van der Waals surface area contributed by atoms with Crippen LogP contribution >= 0.6 is 11.3 Å². The van der Waals surface area contributed by atoms with Crippen molar-refractivity contribution in [1.82, 2.24) is 4.98 Å². The Kier molecular flexibility index (Phi) is 4.20. The highest BCUT2D eigenvalue weighted by Gasteiger charge is 2.12. The molecule has 4 nitrogen and oxygen atoms in total. The number of anilines is 1. The molecule has 0 saturated heterocycles. The van der Waals surface area contributed by atoms with Gasteiger partial charge < -0.3 is 11.1 Å². The van der Waals surface area contributed by atoms with Crippen LogP contribution in [0.1, 0.15) is 23.6 Å². The first kappa shape index (κ1) is 14.7. The molecule has 1 unspecified atom stereocenters. The lowest BCUT2D eigenvalue weighted by Gasteiger charge is -2.07. The highest BCUT2D eigenvalue weighted by atomic mass is 32.1. The quantitative estimate of drug-likeness (QED) is 0.912. The molecule has 0 spiro atoms. The van der Waals surface area contributed by atoms with E-state index in [0.717, 1.165) is 11.3 Å². The van der Waals surface area contributed by atoms with Gasteiger partial charge in [0, 0.05) is 10.9 Å². The van der Waals surface area contributed by atoms with E-state index in [-0.39, 0.29) is 5.91 Å². The second-order valence-electron chi connectivity index (χ2n) is 5.07. The topological polar surface area (TPSA) is 68.0 Å². The molecule has 0 bridgehead atoms. The number of aryl methyl sites for hydroxylation is 3. The smallest absolute Gasteiger partial charge is 0.242 e. The van der Waals surface area contributed by atoms with E-state index in [1.165, 1.54) is 28.0 Å². The maximum Gasteiger partial charge on any atom is 0.242 e. The molecule has 0 aliphatic rings. The number of carbonyl (C=O) groups is 1. The van der Waals surface area contributed by atoms with Crippen LogP contribution in [-0.2, 0) is 4.79 Å². The van der Waals surface area contributed by atoms with Crippen LogP contribution in [0, 0.1) is 20.8 Å². The Morgan fingerprint density at radius 1 is 1.25 bits per heavy atom. The molecule has 1 heterocycles. The molecule has 5 heteroatoms. The van der Waals surface area contributed by atoms with Crippen molar-refractivity contribution in [2.24, 2.45) is 5.73 Å². The lowest BCUT2D eigenvalue weighted by Crippen LogP contribution is -2.32. The summed E-state index contributed by atoms with van der Waals surface area (Å²) < 4.78 is 0. The van der Waals surface area contributed by atoms with E-state index in [9.17, 15) is 4.79 Å². The minimum absolute atomic E-state index is 0.220. The normalized spacial score (nSPS) is 12.2. The number of rotatable bonds is 3. The molecule has 1 aromatic heterocycles. The molecule has 0 fully saturated rings. The number of hydrogen-bond acceptors (Lipinski definition) is 4. The third-order valence-electron chi connectivity index (χ3n) is 3.26. The van der Waals surface area contributed by atoms with Crippen molar-refractivity contribution in [2.45, 2.75) is 33.7 Å². The van der Waals surface area contributed by atoms with Gasteiger partial charge in [-0.3, -0.25) is 4.79 Å². The van der Waals surface area contributed by atoms with Gasteiger partial charge >= 0.3 is 0 Å². The standard InChI is InChI=1S/C15H19N3OS/c1-8-5-10(3)12(6-9(8)2)13-7-20-15(17-13)18-14(19)11(4)16/h5-7,11H,16H2,1-4H3,(H,17,18,19). The van der Waals surface area contributed by atoms with Gasteiger partial charge in [0.25, 0.3) is 0 Å². The highest BCUT2D eigenvalue weighted by molar-refractivity contribution is 7.14. The average molecular weight is 289 g/mol. The summed E-state index contributed by atoms with van der Waals surface area (Å²) >= 11 is 1.41. The third-order valence-corrected chi connectivity index (χ3v) is 4.02. The average Bonchev–Trinajstić information content (AvgIpc) is 2.82. The zero-order chi connectivity index (χ0) is 14.9. The minimum Gasteiger partial charge on any atom is -0.320 e. The Morgan fingerprint density at radius 2 is 1.90 bits per heavy atom. The number of aromatic nitrogens is 1. The first-order valence-electron chi connectivity index (χ1n) is 6.48. The van der Waals surface area contributed by atoms with Crippen LogP contribution < -0.4 is 11.1 Å². The lowest BCUT2D eigenvalue weighted by molar-refractivity contribution is -0.117. The molecular weight excluding hydrogens is 270 g/mol. The molecule has 0 saturated carbocycles. The molecule has 2 aromatic rings. The maximum atomic E-state index is 11.6. The lowest BCUT2D eigenvalue weighted by atomic mass is 9.99. The molecule has 0 aliphatic heterocycles. The number of thiazole rings is 1. The van der Waals surface area contributed by atoms with Crippen LogP contribution in [0.4, 0.5) is 5.13 Å². The fourth-order valence-corrected chi connectivity index (χ4v) is 2.62. The summed E-state index contributed by atoms with van der Waals surface area (Å²) in [7, 11) is 0.